The first kappa shape index (κ1) is 13.5. The van der Waals surface area contributed by atoms with Crippen LogP contribution < -0.4 is 9.64 Å². The maximum atomic E-state index is 11.0. The van der Waals surface area contributed by atoms with E-state index in [2.05, 4.69) is 9.80 Å². The van der Waals surface area contributed by atoms with Gasteiger partial charge in [-0.1, -0.05) is 0 Å². The van der Waals surface area contributed by atoms with Crippen LogP contribution in [0.4, 0.5) is 5.69 Å². The Bertz CT molecular complexity index is 378. The highest BCUT2D eigenvalue weighted by atomic mass is 16.5. The van der Waals surface area contributed by atoms with Gasteiger partial charge < -0.3 is 14.5 Å². The molecule has 0 heterocycles. The molecule has 0 spiro atoms. The van der Waals surface area contributed by atoms with Gasteiger partial charge in [-0.2, -0.15) is 0 Å². The van der Waals surface area contributed by atoms with E-state index < -0.39 is 0 Å². The molecule has 0 unspecified atom stereocenters. The molecule has 0 aliphatic rings. The molecule has 1 rings (SSSR count). The van der Waals surface area contributed by atoms with Crippen LogP contribution in [0.3, 0.4) is 0 Å². The third-order valence-electron chi connectivity index (χ3n) is 2.66. The Morgan fingerprint density at radius 2 is 1.94 bits per heavy atom. The van der Waals surface area contributed by atoms with E-state index in [1.807, 2.05) is 33.3 Å². The number of rotatable bonds is 6. The van der Waals surface area contributed by atoms with Gasteiger partial charge in [0.15, 0.2) is 6.29 Å². The summed E-state index contributed by atoms with van der Waals surface area (Å²) in [6, 6.07) is 5.54. The van der Waals surface area contributed by atoms with Gasteiger partial charge in [0.05, 0.1) is 7.11 Å². The Morgan fingerprint density at radius 3 is 2.47 bits per heavy atom. The molecule has 4 heteroatoms. The minimum Gasteiger partial charge on any atom is -0.497 e. The second-order valence-electron chi connectivity index (χ2n) is 4.27. The highest BCUT2D eigenvalue weighted by molar-refractivity contribution is 5.85. The molecule has 4 nitrogen and oxygen atoms in total. The number of aldehydes is 1. The van der Waals surface area contributed by atoms with Crippen molar-refractivity contribution in [1.82, 2.24) is 4.90 Å². The Labute approximate surface area is 103 Å². The largest absolute Gasteiger partial charge is 0.497 e. The number of hydrogen-bond donors (Lipinski definition) is 0. The molecule has 0 atom stereocenters. The number of benzene rings is 1. The maximum Gasteiger partial charge on any atom is 0.152 e. The lowest BCUT2D eigenvalue weighted by atomic mass is 10.1. The van der Waals surface area contributed by atoms with E-state index in [9.17, 15) is 4.79 Å². The van der Waals surface area contributed by atoms with Crippen molar-refractivity contribution < 1.29 is 9.53 Å². The molecule has 0 aromatic heterocycles. The zero-order chi connectivity index (χ0) is 12.8. The summed E-state index contributed by atoms with van der Waals surface area (Å²) in [5, 5.41) is 0. The summed E-state index contributed by atoms with van der Waals surface area (Å²) in [7, 11) is 7.64. The molecular formula is C13H20N2O2. The quantitative estimate of drug-likeness (QED) is 0.701. The highest BCUT2D eigenvalue weighted by Crippen LogP contribution is 2.23. The van der Waals surface area contributed by atoms with E-state index in [4.69, 9.17) is 4.74 Å². The van der Waals surface area contributed by atoms with Crippen LogP contribution in [0.5, 0.6) is 5.75 Å². The molecule has 0 saturated carbocycles. The zero-order valence-corrected chi connectivity index (χ0v) is 10.9. The Morgan fingerprint density at radius 1 is 1.24 bits per heavy atom. The number of likely N-dealkylation sites (N-methyl/N-ethyl adjacent to an activating group) is 2. The van der Waals surface area contributed by atoms with Crippen LogP contribution in [0.1, 0.15) is 10.4 Å². The third kappa shape index (κ3) is 3.75. The first-order valence-corrected chi connectivity index (χ1v) is 5.57. The van der Waals surface area contributed by atoms with Crippen LogP contribution in [-0.4, -0.2) is 52.5 Å². The lowest BCUT2D eigenvalue weighted by Crippen LogP contribution is -2.29. The molecule has 0 aliphatic carbocycles. The van der Waals surface area contributed by atoms with Crippen LogP contribution >= 0.6 is 0 Å². The normalized spacial score (nSPS) is 10.4. The molecule has 1 aromatic rings. The number of hydrogen-bond acceptors (Lipinski definition) is 4. The van der Waals surface area contributed by atoms with E-state index in [0.717, 1.165) is 25.1 Å². The van der Waals surface area contributed by atoms with Gasteiger partial charge in [-0.15, -0.1) is 0 Å². The topological polar surface area (TPSA) is 32.8 Å². The van der Waals surface area contributed by atoms with Gasteiger partial charge >= 0.3 is 0 Å². The average Bonchev–Trinajstić information content (AvgIpc) is 2.34. The third-order valence-corrected chi connectivity index (χ3v) is 2.66. The van der Waals surface area contributed by atoms with Gasteiger partial charge in [0.25, 0.3) is 0 Å². The fraction of sp³-hybridized carbons (Fsp3) is 0.462. The maximum absolute atomic E-state index is 11.0. The van der Waals surface area contributed by atoms with Gasteiger partial charge in [0, 0.05) is 31.4 Å². The van der Waals surface area contributed by atoms with Gasteiger partial charge in [0.2, 0.25) is 0 Å². The fourth-order valence-electron chi connectivity index (χ4n) is 1.57. The van der Waals surface area contributed by atoms with Crippen molar-refractivity contribution in [3.63, 3.8) is 0 Å². The number of anilines is 1. The lowest BCUT2D eigenvalue weighted by molar-refractivity contribution is 0.112. The predicted molar refractivity (Wildman–Crippen MR) is 70.2 cm³/mol. The van der Waals surface area contributed by atoms with Crippen LogP contribution in [-0.2, 0) is 0 Å². The van der Waals surface area contributed by atoms with Crippen LogP contribution in [0.2, 0.25) is 0 Å². The van der Waals surface area contributed by atoms with E-state index >= 15 is 0 Å². The van der Waals surface area contributed by atoms with E-state index in [-0.39, 0.29) is 0 Å². The van der Waals surface area contributed by atoms with Crippen molar-refractivity contribution in [1.29, 1.82) is 0 Å². The number of carbonyl (C=O) groups excluding carboxylic acids is 1. The van der Waals surface area contributed by atoms with E-state index in [1.54, 1.807) is 13.2 Å². The van der Waals surface area contributed by atoms with Crippen LogP contribution in [0, 0.1) is 0 Å². The number of ether oxygens (including phenoxy) is 1. The van der Waals surface area contributed by atoms with Crippen molar-refractivity contribution in [2.75, 3.05) is 46.2 Å². The summed E-state index contributed by atoms with van der Waals surface area (Å²) in [6.07, 6.45) is 0.865. The molecule has 94 valence electrons. The molecule has 0 radical (unpaired) electrons. The van der Waals surface area contributed by atoms with Gasteiger partial charge in [-0.3, -0.25) is 4.79 Å². The Balaban J connectivity index is 2.85. The molecule has 0 N–H and O–H groups in total. The smallest absolute Gasteiger partial charge is 0.152 e. The summed E-state index contributed by atoms with van der Waals surface area (Å²) in [5.74, 6) is 0.705. The van der Waals surface area contributed by atoms with Crippen LogP contribution in [0.15, 0.2) is 18.2 Å². The predicted octanol–water partition coefficient (Wildman–Crippen LogP) is 1.51. The summed E-state index contributed by atoms with van der Waals surface area (Å²) in [6.45, 7) is 1.82. The first-order valence-electron chi connectivity index (χ1n) is 5.57. The number of carbonyl (C=O) groups is 1. The van der Waals surface area contributed by atoms with Crippen molar-refractivity contribution in [2.24, 2.45) is 0 Å². The molecule has 0 aliphatic heterocycles. The summed E-state index contributed by atoms with van der Waals surface area (Å²) >= 11 is 0. The summed E-state index contributed by atoms with van der Waals surface area (Å²) < 4.78 is 5.10. The Kier molecular flexibility index (Phi) is 4.97. The molecule has 17 heavy (non-hydrogen) atoms. The second kappa shape index (κ2) is 6.25. The molecule has 0 fully saturated rings. The highest BCUT2D eigenvalue weighted by Gasteiger charge is 2.08. The van der Waals surface area contributed by atoms with Gasteiger partial charge in [-0.25, -0.2) is 0 Å². The van der Waals surface area contributed by atoms with E-state index in [0.29, 0.717) is 11.3 Å². The molecular weight excluding hydrogens is 216 g/mol. The minimum absolute atomic E-state index is 0.658. The second-order valence-corrected chi connectivity index (χ2v) is 4.27. The monoisotopic (exact) mass is 236 g/mol. The van der Waals surface area contributed by atoms with Crippen molar-refractivity contribution in [3.05, 3.63) is 23.8 Å². The van der Waals surface area contributed by atoms with Crippen molar-refractivity contribution in [3.8, 4) is 5.75 Å². The first-order chi connectivity index (χ1) is 8.08. The summed E-state index contributed by atoms with van der Waals surface area (Å²) in [4.78, 5) is 15.2. The van der Waals surface area contributed by atoms with Crippen molar-refractivity contribution >= 4 is 12.0 Å². The molecule has 1 aromatic carbocycles. The molecule has 0 saturated heterocycles. The number of nitrogens with zero attached hydrogens (tertiary/aromatic N) is 2. The minimum atomic E-state index is 0.658. The fourth-order valence-corrected chi connectivity index (χ4v) is 1.57. The lowest BCUT2D eigenvalue weighted by Gasteiger charge is -2.23. The van der Waals surface area contributed by atoms with E-state index in [1.165, 1.54) is 0 Å². The summed E-state index contributed by atoms with van der Waals surface area (Å²) in [5.41, 5.74) is 1.59. The molecule has 0 amide bonds. The standard InChI is InChI=1S/C13H20N2O2/c1-14(2)7-8-15(3)13-6-5-12(17-4)9-11(13)10-16/h5-6,9-10H,7-8H2,1-4H3. The van der Waals surface area contributed by atoms with Gasteiger partial charge in [0.1, 0.15) is 5.75 Å². The number of methoxy groups -OCH3 is 1. The van der Waals surface area contributed by atoms with Crippen molar-refractivity contribution in [2.45, 2.75) is 0 Å². The average molecular weight is 236 g/mol. The zero-order valence-electron chi connectivity index (χ0n) is 10.9. The SMILES string of the molecule is COc1ccc(N(C)CCN(C)C)c(C=O)c1. The Hall–Kier alpha value is -1.55. The van der Waals surface area contributed by atoms with Crippen LogP contribution in [0.25, 0.3) is 0 Å². The van der Waals surface area contributed by atoms with Gasteiger partial charge in [-0.05, 0) is 32.3 Å². The molecule has 0 bridgehead atoms.